The van der Waals surface area contributed by atoms with Crippen LogP contribution in [0.5, 0.6) is 0 Å². The summed E-state index contributed by atoms with van der Waals surface area (Å²) in [6.45, 7) is 7.76. The third kappa shape index (κ3) is 4.46. The van der Waals surface area contributed by atoms with Crippen molar-refractivity contribution in [2.45, 2.75) is 25.8 Å². The molecule has 2 unspecified atom stereocenters. The molecule has 3 rings (SSSR count). The molecule has 1 aromatic rings. The molecule has 0 spiro atoms. The van der Waals surface area contributed by atoms with Crippen molar-refractivity contribution in [3.05, 3.63) is 42.0 Å². The quantitative estimate of drug-likeness (QED) is 0.921. The number of hydrogen-bond donors (Lipinski definition) is 1. The van der Waals surface area contributed by atoms with Crippen molar-refractivity contribution < 1.29 is 4.79 Å². The molecule has 0 saturated carbocycles. The lowest BCUT2D eigenvalue weighted by atomic mass is 9.98. The van der Waals surface area contributed by atoms with Crippen LogP contribution in [0.15, 0.2) is 36.4 Å². The molecule has 4 heteroatoms. The predicted octanol–water partition coefficient (Wildman–Crippen LogP) is 2.23. The zero-order valence-corrected chi connectivity index (χ0v) is 14.7. The first-order valence-electron chi connectivity index (χ1n) is 9.21. The van der Waals surface area contributed by atoms with Crippen molar-refractivity contribution in [3.63, 3.8) is 0 Å². The fourth-order valence-electron chi connectivity index (χ4n) is 3.68. The third-order valence-corrected chi connectivity index (χ3v) is 5.03. The van der Waals surface area contributed by atoms with E-state index in [0.29, 0.717) is 5.92 Å². The molecule has 2 aliphatic rings. The first-order valence-corrected chi connectivity index (χ1v) is 9.21. The summed E-state index contributed by atoms with van der Waals surface area (Å²) in [4.78, 5) is 17.5. The van der Waals surface area contributed by atoms with Gasteiger partial charge in [0.05, 0.1) is 0 Å². The molecule has 2 atom stereocenters. The lowest BCUT2D eigenvalue weighted by Gasteiger charge is -2.38. The molecule has 2 saturated heterocycles. The van der Waals surface area contributed by atoms with Gasteiger partial charge in [0, 0.05) is 32.7 Å². The second kappa shape index (κ2) is 8.45. The van der Waals surface area contributed by atoms with Crippen LogP contribution >= 0.6 is 0 Å². The van der Waals surface area contributed by atoms with E-state index in [4.69, 9.17) is 0 Å². The number of piperidine rings is 1. The van der Waals surface area contributed by atoms with E-state index in [1.165, 1.54) is 12.8 Å². The molecule has 0 aromatic heterocycles. The summed E-state index contributed by atoms with van der Waals surface area (Å²) in [5, 5.41) is 3.33. The van der Waals surface area contributed by atoms with Gasteiger partial charge in [0.2, 0.25) is 5.91 Å². The Morgan fingerprint density at radius 1 is 1.21 bits per heavy atom. The van der Waals surface area contributed by atoms with Crippen molar-refractivity contribution >= 4 is 12.0 Å². The summed E-state index contributed by atoms with van der Waals surface area (Å²) in [6, 6.07) is 10.1. The van der Waals surface area contributed by atoms with E-state index < -0.39 is 0 Å². The number of carbonyl (C=O) groups excluding carboxylic acids is 1. The summed E-state index contributed by atoms with van der Waals surface area (Å²) in [7, 11) is 0. The normalized spacial score (nSPS) is 24.2. The number of hydrogen-bond acceptors (Lipinski definition) is 3. The summed E-state index contributed by atoms with van der Waals surface area (Å²) in [5.41, 5.74) is 1.15. The standard InChI is InChI=1S/C20H29N3O/c1-17-6-5-13-23(16-17)19(10-9-18-7-3-2-4-8-18)20(24)22-14-11-21-12-15-22/h2-4,7-10,17,19,21H,5-6,11-16H2,1H3/b10-9-. The Morgan fingerprint density at radius 3 is 2.67 bits per heavy atom. The van der Waals surface area contributed by atoms with E-state index in [9.17, 15) is 4.79 Å². The lowest BCUT2D eigenvalue weighted by Crippen LogP contribution is -2.55. The van der Waals surface area contributed by atoms with Gasteiger partial charge in [-0.1, -0.05) is 49.4 Å². The van der Waals surface area contributed by atoms with Gasteiger partial charge in [-0.2, -0.15) is 0 Å². The molecule has 2 aliphatic heterocycles. The van der Waals surface area contributed by atoms with Gasteiger partial charge in [-0.3, -0.25) is 9.69 Å². The molecule has 4 nitrogen and oxygen atoms in total. The van der Waals surface area contributed by atoms with Crippen LogP contribution in [-0.4, -0.2) is 61.0 Å². The van der Waals surface area contributed by atoms with E-state index in [0.717, 1.165) is 44.8 Å². The van der Waals surface area contributed by atoms with E-state index >= 15 is 0 Å². The number of rotatable bonds is 4. The van der Waals surface area contributed by atoms with Gasteiger partial charge >= 0.3 is 0 Å². The number of carbonyl (C=O) groups is 1. The zero-order chi connectivity index (χ0) is 16.8. The number of piperazine rings is 1. The Kier molecular flexibility index (Phi) is 6.05. The minimum absolute atomic E-state index is 0.133. The molecule has 2 heterocycles. The van der Waals surface area contributed by atoms with E-state index in [2.05, 4.69) is 41.4 Å². The van der Waals surface area contributed by atoms with Crippen LogP contribution in [0, 0.1) is 5.92 Å². The topological polar surface area (TPSA) is 35.6 Å². The van der Waals surface area contributed by atoms with Gasteiger partial charge in [-0.05, 0) is 30.9 Å². The van der Waals surface area contributed by atoms with Crippen LogP contribution in [0.3, 0.4) is 0 Å². The smallest absolute Gasteiger partial charge is 0.244 e. The average molecular weight is 327 g/mol. The minimum Gasteiger partial charge on any atom is -0.339 e. The average Bonchev–Trinajstić information content (AvgIpc) is 2.63. The molecule has 130 valence electrons. The fourth-order valence-corrected chi connectivity index (χ4v) is 3.68. The number of benzene rings is 1. The zero-order valence-electron chi connectivity index (χ0n) is 14.7. The van der Waals surface area contributed by atoms with Gasteiger partial charge in [-0.15, -0.1) is 0 Å². The Morgan fingerprint density at radius 2 is 1.96 bits per heavy atom. The summed E-state index contributed by atoms with van der Waals surface area (Å²) < 4.78 is 0. The van der Waals surface area contributed by atoms with Crippen molar-refractivity contribution in [1.29, 1.82) is 0 Å². The molecule has 0 radical (unpaired) electrons. The molecule has 1 amide bonds. The highest BCUT2D eigenvalue weighted by atomic mass is 16.2. The fraction of sp³-hybridized carbons (Fsp3) is 0.550. The van der Waals surface area contributed by atoms with Crippen LogP contribution in [-0.2, 0) is 4.79 Å². The van der Waals surface area contributed by atoms with E-state index in [-0.39, 0.29) is 11.9 Å². The van der Waals surface area contributed by atoms with Crippen molar-refractivity contribution in [3.8, 4) is 0 Å². The van der Waals surface area contributed by atoms with Gasteiger partial charge in [-0.25, -0.2) is 0 Å². The van der Waals surface area contributed by atoms with Crippen molar-refractivity contribution in [2.75, 3.05) is 39.3 Å². The molecule has 0 aliphatic carbocycles. The van der Waals surface area contributed by atoms with Gasteiger partial charge in [0.1, 0.15) is 6.04 Å². The summed E-state index contributed by atoms with van der Waals surface area (Å²) in [5.74, 6) is 0.931. The number of likely N-dealkylation sites (tertiary alicyclic amines) is 1. The summed E-state index contributed by atoms with van der Waals surface area (Å²) >= 11 is 0. The Labute approximate surface area is 145 Å². The first kappa shape index (κ1) is 17.2. The molecular weight excluding hydrogens is 298 g/mol. The molecular formula is C20H29N3O. The number of amides is 1. The largest absolute Gasteiger partial charge is 0.339 e. The molecule has 0 bridgehead atoms. The Hall–Kier alpha value is -1.65. The molecule has 1 aromatic carbocycles. The highest BCUT2D eigenvalue weighted by molar-refractivity contribution is 5.85. The van der Waals surface area contributed by atoms with Crippen molar-refractivity contribution in [1.82, 2.24) is 15.1 Å². The van der Waals surface area contributed by atoms with Crippen LogP contribution in [0.2, 0.25) is 0 Å². The predicted molar refractivity (Wildman–Crippen MR) is 98.7 cm³/mol. The molecule has 2 fully saturated rings. The molecule has 24 heavy (non-hydrogen) atoms. The maximum atomic E-state index is 13.1. The summed E-state index contributed by atoms with van der Waals surface area (Å²) in [6.07, 6.45) is 6.67. The Balaban J connectivity index is 1.77. The lowest BCUT2D eigenvalue weighted by molar-refractivity contribution is -0.136. The third-order valence-electron chi connectivity index (χ3n) is 5.03. The van der Waals surface area contributed by atoms with E-state index in [1.807, 2.05) is 23.1 Å². The van der Waals surface area contributed by atoms with Crippen molar-refractivity contribution in [2.24, 2.45) is 5.92 Å². The van der Waals surface area contributed by atoms with Gasteiger partial charge < -0.3 is 10.2 Å². The van der Waals surface area contributed by atoms with Crippen LogP contribution in [0.1, 0.15) is 25.3 Å². The van der Waals surface area contributed by atoms with Crippen LogP contribution in [0.4, 0.5) is 0 Å². The van der Waals surface area contributed by atoms with Gasteiger partial charge in [0.25, 0.3) is 0 Å². The van der Waals surface area contributed by atoms with Crippen LogP contribution < -0.4 is 5.32 Å². The monoisotopic (exact) mass is 327 g/mol. The van der Waals surface area contributed by atoms with E-state index in [1.54, 1.807) is 0 Å². The minimum atomic E-state index is -0.133. The SMILES string of the molecule is CC1CCCN(C(/C=C\c2ccccc2)C(=O)N2CCNCC2)C1. The second-order valence-corrected chi connectivity index (χ2v) is 7.03. The first-order chi connectivity index (χ1) is 11.7. The van der Waals surface area contributed by atoms with Gasteiger partial charge in [0.15, 0.2) is 0 Å². The maximum absolute atomic E-state index is 13.1. The number of nitrogens with one attached hydrogen (secondary N) is 1. The molecule has 1 N–H and O–H groups in total. The maximum Gasteiger partial charge on any atom is 0.244 e. The highest BCUT2D eigenvalue weighted by Crippen LogP contribution is 2.20. The van der Waals surface area contributed by atoms with Crippen LogP contribution in [0.25, 0.3) is 6.08 Å². The number of nitrogens with zero attached hydrogens (tertiary/aromatic N) is 2. The highest BCUT2D eigenvalue weighted by Gasteiger charge is 2.30. The Bertz CT molecular complexity index is 551. The second-order valence-electron chi connectivity index (χ2n) is 7.03.